The fourth-order valence-electron chi connectivity index (χ4n) is 1.26. The van der Waals surface area contributed by atoms with E-state index in [4.69, 9.17) is 0 Å². The quantitative estimate of drug-likeness (QED) is 0.623. The van der Waals surface area contributed by atoms with Crippen LogP contribution in [0.2, 0.25) is 0 Å². The molecule has 3 nitrogen and oxygen atoms in total. The predicted molar refractivity (Wildman–Crippen MR) is 49.7 cm³/mol. The summed E-state index contributed by atoms with van der Waals surface area (Å²) in [7, 11) is 0. The molecule has 0 saturated carbocycles. The molecule has 62 valence electrons. The minimum absolute atomic E-state index is 0.821. The Morgan fingerprint density at radius 2 is 2.17 bits per heavy atom. The third-order valence-corrected chi connectivity index (χ3v) is 2.07. The lowest BCUT2D eigenvalue weighted by atomic mass is 10.3. The van der Waals surface area contributed by atoms with E-state index in [1.807, 2.05) is 19.9 Å². The number of nitrogens with zero attached hydrogens (tertiary/aromatic N) is 3. The molecule has 0 bridgehead atoms. The van der Waals surface area contributed by atoms with Gasteiger partial charge in [-0.15, -0.1) is 12.6 Å². The first-order chi connectivity index (χ1) is 5.68. The summed E-state index contributed by atoms with van der Waals surface area (Å²) in [5.41, 5.74) is 2.91. The minimum atomic E-state index is 0.821. The van der Waals surface area contributed by atoms with Crippen LogP contribution < -0.4 is 0 Å². The summed E-state index contributed by atoms with van der Waals surface area (Å²) in [6, 6.07) is 1.99. The summed E-state index contributed by atoms with van der Waals surface area (Å²) in [4.78, 5) is 5.14. The predicted octanol–water partition coefficient (Wildman–Crippen LogP) is 1.63. The molecule has 0 amide bonds. The van der Waals surface area contributed by atoms with Gasteiger partial charge in [-0.05, 0) is 19.9 Å². The number of aryl methyl sites for hydroxylation is 2. The second kappa shape index (κ2) is 2.48. The molecule has 0 atom stereocenters. The molecule has 4 heteroatoms. The van der Waals surface area contributed by atoms with Crippen LogP contribution in [0.5, 0.6) is 0 Å². The van der Waals surface area contributed by atoms with Crippen LogP contribution in [0.25, 0.3) is 5.65 Å². The summed E-state index contributed by atoms with van der Waals surface area (Å²) in [6.45, 7) is 3.97. The lowest BCUT2D eigenvalue weighted by Crippen LogP contribution is -1.96. The molecule has 0 aliphatic rings. The first-order valence-electron chi connectivity index (χ1n) is 3.69. The average Bonchev–Trinajstić information content (AvgIpc) is 2.33. The third kappa shape index (κ3) is 0.992. The van der Waals surface area contributed by atoms with Gasteiger partial charge in [-0.25, -0.2) is 9.50 Å². The highest BCUT2D eigenvalue weighted by molar-refractivity contribution is 7.80. The Kier molecular flexibility index (Phi) is 1.58. The van der Waals surface area contributed by atoms with Crippen molar-refractivity contribution in [2.24, 2.45) is 0 Å². The molecule has 2 rings (SSSR count). The van der Waals surface area contributed by atoms with E-state index in [1.54, 1.807) is 10.7 Å². The second-order valence-electron chi connectivity index (χ2n) is 2.80. The summed E-state index contributed by atoms with van der Waals surface area (Å²) in [6.07, 6.45) is 1.71. The van der Waals surface area contributed by atoms with Crippen LogP contribution in [0.1, 0.15) is 11.4 Å². The topological polar surface area (TPSA) is 30.2 Å². The molecular formula is C8H9N3S. The number of hydrogen-bond acceptors (Lipinski definition) is 3. The standard InChI is InChI=1S/C8H9N3S/c1-5-3-6(2)11-8(10-5)7(12)4-9-11/h3-4,12H,1-2H3. The highest BCUT2D eigenvalue weighted by atomic mass is 32.1. The largest absolute Gasteiger partial charge is 0.233 e. The average molecular weight is 179 g/mol. The normalized spacial score (nSPS) is 10.9. The van der Waals surface area contributed by atoms with E-state index in [1.165, 1.54) is 0 Å². The van der Waals surface area contributed by atoms with Crippen LogP contribution in [0.4, 0.5) is 0 Å². The smallest absolute Gasteiger partial charge is 0.168 e. The van der Waals surface area contributed by atoms with E-state index in [0.717, 1.165) is 21.9 Å². The van der Waals surface area contributed by atoms with Crippen molar-refractivity contribution in [1.29, 1.82) is 0 Å². The lowest BCUT2D eigenvalue weighted by molar-refractivity contribution is 0.885. The summed E-state index contributed by atoms with van der Waals surface area (Å²) in [5.74, 6) is 0. The van der Waals surface area contributed by atoms with Gasteiger partial charge in [0.25, 0.3) is 0 Å². The van der Waals surface area contributed by atoms with Gasteiger partial charge in [0.2, 0.25) is 0 Å². The van der Waals surface area contributed by atoms with Gasteiger partial charge in [-0.2, -0.15) is 5.10 Å². The van der Waals surface area contributed by atoms with Gasteiger partial charge in [-0.1, -0.05) is 0 Å². The zero-order valence-corrected chi connectivity index (χ0v) is 7.84. The number of hydrogen-bond donors (Lipinski definition) is 1. The molecule has 0 fully saturated rings. The molecule has 0 unspecified atom stereocenters. The van der Waals surface area contributed by atoms with Crippen molar-refractivity contribution in [2.45, 2.75) is 18.7 Å². The molecular weight excluding hydrogens is 170 g/mol. The molecule has 0 N–H and O–H groups in total. The van der Waals surface area contributed by atoms with Gasteiger partial charge in [-0.3, -0.25) is 0 Å². The molecule has 2 aromatic heterocycles. The summed E-state index contributed by atoms with van der Waals surface area (Å²) >= 11 is 4.25. The Morgan fingerprint density at radius 1 is 1.42 bits per heavy atom. The Hall–Kier alpha value is -1.03. The van der Waals surface area contributed by atoms with Crippen molar-refractivity contribution in [3.63, 3.8) is 0 Å². The van der Waals surface area contributed by atoms with Gasteiger partial charge in [0.15, 0.2) is 5.65 Å². The maximum absolute atomic E-state index is 4.32. The van der Waals surface area contributed by atoms with Crippen LogP contribution in [0.15, 0.2) is 17.2 Å². The molecule has 2 heterocycles. The number of thiol groups is 1. The van der Waals surface area contributed by atoms with Crippen LogP contribution in [-0.4, -0.2) is 14.6 Å². The Labute approximate surface area is 75.8 Å². The van der Waals surface area contributed by atoms with Crippen LogP contribution >= 0.6 is 12.6 Å². The zero-order chi connectivity index (χ0) is 8.72. The number of aromatic nitrogens is 3. The molecule has 0 radical (unpaired) electrons. The van der Waals surface area contributed by atoms with Gasteiger partial charge in [0.05, 0.1) is 11.1 Å². The van der Waals surface area contributed by atoms with E-state index in [9.17, 15) is 0 Å². The van der Waals surface area contributed by atoms with Gasteiger partial charge in [0, 0.05) is 11.4 Å². The van der Waals surface area contributed by atoms with Crippen molar-refractivity contribution in [1.82, 2.24) is 14.6 Å². The van der Waals surface area contributed by atoms with Crippen LogP contribution in [-0.2, 0) is 0 Å². The van der Waals surface area contributed by atoms with Crippen molar-refractivity contribution in [2.75, 3.05) is 0 Å². The van der Waals surface area contributed by atoms with E-state index >= 15 is 0 Å². The lowest BCUT2D eigenvalue weighted by Gasteiger charge is -1.99. The Balaban J connectivity index is 2.92. The molecule has 0 saturated heterocycles. The van der Waals surface area contributed by atoms with E-state index in [0.29, 0.717) is 0 Å². The van der Waals surface area contributed by atoms with Crippen LogP contribution in [0, 0.1) is 13.8 Å². The van der Waals surface area contributed by atoms with Crippen molar-refractivity contribution in [3.05, 3.63) is 23.7 Å². The van der Waals surface area contributed by atoms with E-state index < -0.39 is 0 Å². The highest BCUT2D eigenvalue weighted by Crippen LogP contribution is 2.14. The van der Waals surface area contributed by atoms with E-state index in [2.05, 4.69) is 22.7 Å². The highest BCUT2D eigenvalue weighted by Gasteiger charge is 2.03. The van der Waals surface area contributed by atoms with Gasteiger partial charge >= 0.3 is 0 Å². The van der Waals surface area contributed by atoms with E-state index in [-0.39, 0.29) is 0 Å². The van der Waals surface area contributed by atoms with Gasteiger partial charge < -0.3 is 0 Å². The fourth-order valence-corrected chi connectivity index (χ4v) is 1.46. The molecule has 12 heavy (non-hydrogen) atoms. The zero-order valence-electron chi connectivity index (χ0n) is 6.94. The molecule has 0 aliphatic carbocycles. The Morgan fingerprint density at radius 3 is 2.92 bits per heavy atom. The second-order valence-corrected chi connectivity index (χ2v) is 3.29. The summed E-state index contributed by atoms with van der Waals surface area (Å²) in [5, 5.41) is 4.14. The maximum atomic E-state index is 4.32. The number of fused-ring (bicyclic) bond motifs is 1. The molecule has 0 aromatic carbocycles. The van der Waals surface area contributed by atoms with Crippen molar-refractivity contribution >= 4 is 18.3 Å². The maximum Gasteiger partial charge on any atom is 0.168 e. The fraction of sp³-hybridized carbons (Fsp3) is 0.250. The molecule has 0 aliphatic heterocycles. The molecule has 0 spiro atoms. The van der Waals surface area contributed by atoms with Gasteiger partial charge in [0.1, 0.15) is 0 Å². The Bertz CT molecular complexity index is 433. The minimum Gasteiger partial charge on any atom is -0.233 e. The number of rotatable bonds is 0. The SMILES string of the molecule is Cc1cc(C)n2ncc(S)c2n1. The summed E-state index contributed by atoms with van der Waals surface area (Å²) < 4.78 is 1.79. The monoisotopic (exact) mass is 179 g/mol. The first kappa shape index (κ1) is 7.61. The molecule has 2 aromatic rings. The van der Waals surface area contributed by atoms with Crippen molar-refractivity contribution in [3.8, 4) is 0 Å². The third-order valence-electron chi connectivity index (χ3n) is 1.76. The van der Waals surface area contributed by atoms with Crippen molar-refractivity contribution < 1.29 is 0 Å². The first-order valence-corrected chi connectivity index (χ1v) is 4.14. The van der Waals surface area contributed by atoms with Crippen LogP contribution in [0.3, 0.4) is 0 Å².